The van der Waals surface area contributed by atoms with Gasteiger partial charge in [0.1, 0.15) is 0 Å². The smallest absolute Gasteiger partial charge is 0.251 e. The first-order valence-corrected chi connectivity index (χ1v) is 13.6. The van der Waals surface area contributed by atoms with Crippen LogP contribution in [0.15, 0.2) is 65.4 Å². The third kappa shape index (κ3) is 8.60. The van der Waals surface area contributed by atoms with Gasteiger partial charge in [0, 0.05) is 29.6 Å². The van der Waals surface area contributed by atoms with Gasteiger partial charge in [-0.1, -0.05) is 29.8 Å². The van der Waals surface area contributed by atoms with Crippen LogP contribution in [0.1, 0.15) is 61.5 Å². The molecule has 0 saturated carbocycles. The number of aliphatic imine (C=N–C) groups is 1. The summed E-state index contributed by atoms with van der Waals surface area (Å²) in [5.41, 5.74) is 4.22. The number of halogens is 3. The SMILES string of the molecule is C\C=C/C=C(Nc1ccc(C(=O)NCCC2CCNCC2)c(C)c1)\C(C)=N\C=C(/C)c1ccc(Cl)c(F)c1F. The van der Waals surface area contributed by atoms with Crippen LogP contribution in [-0.4, -0.2) is 31.3 Å². The normalized spacial score (nSPS) is 15.6. The second-order valence-corrected chi connectivity index (χ2v) is 10.2. The van der Waals surface area contributed by atoms with Crippen LogP contribution in [0, 0.1) is 24.5 Å². The van der Waals surface area contributed by atoms with E-state index in [-0.39, 0.29) is 16.5 Å². The molecule has 0 spiro atoms. The fourth-order valence-corrected chi connectivity index (χ4v) is 4.56. The van der Waals surface area contributed by atoms with Crippen LogP contribution in [-0.2, 0) is 0 Å². The van der Waals surface area contributed by atoms with Crippen molar-refractivity contribution in [2.75, 3.05) is 25.0 Å². The molecule has 8 heteroatoms. The van der Waals surface area contributed by atoms with Crippen LogP contribution in [0.2, 0.25) is 5.02 Å². The van der Waals surface area contributed by atoms with Crippen LogP contribution < -0.4 is 16.0 Å². The molecule has 2 aromatic carbocycles. The molecule has 208 valence electrons. The Morgan fingerprint density at radius 1 is 1.13 bits per heavy atom. The molecule has 1 aliphatic rings. The van der Waals surface area contributed by atoms with Gasteiger partial charge >= 0.3 is 0 Å². The summed E-state index contributed by atoms with van der Waals surface area (Å²) < 4.78 is 28.2. The predicted octanol–water partition coefficient (Wildman–Crippen LogP) is 7.44. The van der Waals surface area contributed by atoms with E-state index in [0.29, 0.717) is 29.3 Å². The van der Waals surface area contributed by atoms with Crippen molar-refractivity contribution in [3.63, 3.8) is 0 Å². The van der Waals surface area contributed by atoms with E-state index < -0.39 is 11.6 Å². The molecular formula is C31H37ClF2N4O. The maximum absolute atomic E-state index is 14.3. The Morgan fingerprint density at radius 2 is 1.85 bits per heavy atom. The summed E-state index contributed by atoms with van der Waals surface area (Å²) >= 11 is 5.67. The topological polar surface area (TPSA) is 65.5 Å². The Hall–Kier alpha value is -3.29. The first kappa shape index (κ1) is 30.3. The molecule has 0 aliphatic carbocycles. The number of hydrogen-bond donors (Lipinski definition) is 3. The van der Waals surface area contributed by atoms with Gasteiger partial charge < -0.3 is 16.0 Å². The number of aryl methyl sites for hydroxylation is 1. The van der Waals surface area contributed by atoms with Gasteiger partial charge in [-0.05, 0) is 107 Å². The van der Waals surface area contributed by atoms with Crippen molar-refractivity contribution < 1.29 is 13.6 Å². The summed E-state index contributed by atoms with van der Waals surface area (Å²) in [5, 5.41) is 9.52. The molecule has 0 radical (unpaired) electrons. The van der Waals surface area contributed by atoms with Crippen LogP contribution in [0.4, 0.5) is 14.5 Å². The van der Waals surface area contributed by atoms with E-state index in [1.807, 2.05) is 57.2 Å². The minimum Gasteiger partial charge on any atom is -0.354 e. The summed E-state index contributed by atoms with van der Waals surface area (Å²) in [4.78, 5) is 17.3. The lowest BCUT2D eigenvalue weighted by Crippen LogP contribution is -2.31. The van der Waals surface area contributed by atoms with E-state index in [4.69, 9.17) is 11.6 Å². The third-order valence-electron chi connectivity index (χ3n) is 6.80. The number of nitrogens with zero attached hydrogens (tertiary/aromatic N) is 1. The summed E-state index contributed by atoms with van der Waals surface area (Å²) in [7, 11) is 0. The molecule has 0 aromatic heterocycles. The van der Waals surface area contributed by atoms with E-state index in [0.717, 1.165) is 49.3 Å². The zero-order valence-electron chi connectivity index (χ0n) is 23.0. The molecule has 0 bridgehead atoms. The number of benzene rings is 2. The van der Waals surface area contributed by atoms with E-state index in [9.17, 15) is 13.6 Å². The van der Waals surface area contributed by atoms with Gasteiger partial charge in [0.25, 0.3) is 5.91 Å². The number of allylic oxidation sites excluding steroid dienone is 5. The monoisotopic (exact) mass is 554 g/mol. The molecule has 1 fully saturated rings. The number of hydrogen-bond acceptors (Lipinski definition) is 4. The Kier molecular flexibility index (Phi) is 11.4. The summed E-state index contributed by atoms with van der Waals surface area (Å²) in [6.07, 6.45) is 10.5. The van der Waals surface area contributed by atoms with Gasteiger partial charge in [0.2, 0.25) is 0 Å². The standard InChI is InChI=1S/C31H37ClF2N4O/c1-5-6-7-28(22(4)37-19-21(3)25-10-11-27(32)30(34)29(25)33)38-24-8-9-26(20(2)18-24)31(39)36-17-14-23-12-15-35-16-13-23/h5-11,18-19,23,35,38H,12-17H2,1-4H3,(H,36,39)/b6-5-,21-19+,28-7+,37-22+. The minimum absolute atomic E-state index is 0.0677. The van der Waals surface area contributed by atoms with Crippen molar-refractivity contribution in [2.24, 2.45) is 10.9 Å². The highest BCUT2D eigenvalue weighted by Gasteiger charge is 2.15. The second kappa shape index (κ2) is 14.8. The maximum atomic E-state index is 14.3. The highest BCUT2D eigenvalue weighted by atomic mass is 35.5. The maximum Gasteiger partial charge on any atom is 0.251 e. The molecule has 1 aliphatic heterocycles. The number of rotatable bonds is 10. The fraction of sp³-hybridized carbons (Fsp3) is 0.355. The van der Waals surface area contributed by atoms with Crippen molar-refractivity contribution in [1.82, 2.24) is 10.6 Å². The largest absolute Gasteiger partial charge is 0.354 e. The molecule has 1 saturated heterocycles. The zero-order chi connectivity index (χ0) is 28.4. The van der Waals surface area contributed by atoms with E-state index >= 15 is 0 Å². The summed E-state index contributed by atoms with van der Waals surface area (Å²) in [6.45, 7) is 10.1. The zero-order valence-corrected chi connectivity index (χ0v) is 23.8. The molecule has 2 aromatic rings. The molecule has 0 atom stereocenters. The van der Waals surface area contributed by atoms with E-state index in [2.05, 4.69) is 20.9 Å². The first-order chi connectivity index (χ1) is 18.7. The number of anilines is 1. The lowest BCUT2D eigenvalue weighted by atomic mass is 9.95. The molecular weight excluding hydrogens is 518 g/mol. The van der Waals surface area contributed by atoms with E-state index in [1.165, 1.54) is 18.3 Å². The summed E-state index contributed by atoms with van der Waals surface area (Å²) in [6, 6.07) is 8.35. The van der Waals surface area contributed by atoms with E-state index in [1.54, 1.807) is 6.92 Å². The Morgan fingerprint density at radius 3 is 2.54 bits per heavy atom. The molecule has 3 rings (SSSR count). The van der Waals surface area contributed by atoms with Crippen molar-refractivity contribution in [1.29, 1.82) is 0 Å². The average Bonchev–Trinajstić information content (AvgIpc) is 2.93. The van der Waals surface area contributed by atoms with Gasteiger partial charge in [-0.15, -0.1) is 0 Å². The molecule has 0 unspecified atom stereocenters. The predicted molar refractivity (Wildman–Crippen MR) is 158 cm³/mol. The van der Waals surface area contributed by atoms with Crippen LogP contribution in [0.3, 0.4) is 0 Å². The molecule has 1 heterocycles. The first-order valence-electron chi connectivity index (χ1n) is 13.3. The van der Waals surface area contributed by atoms with Gasteiger partial charge in [0.05, 0.1) is 16.4 Å². The number of amides is 1. The highest BCUT2D eigenvalue weighted by molar-refractivity contribution is 6.30. The Bertz CT molecular complexity index is 1290. The summed E-state index contributed by atoms with van der Waals surface area (Å²) in [5.74, 6) is -1.48. The molecule has 3 N–H and O–H groups in total. The van der Waals surface area contributed by atoms with Crippen molar-refractivity contribution >= 4 is 34.5 Å². The molecule has 1 amide bonds. The van der Waals surface area contributed by atoms with Crippen LogP contribution in [0.5, 0.6) is 0 Å². The number of nitrogens with one attached hydrogen (secondary N) is 3. The van der Waals surface area contributed by atoms with Crippen molar-refractivity contribution in [2.45, 2.75) is 47.0 Å². The number of carbonyl (C=O) groups is 1. The molecule has 5 nitrogen and oxygen atoms in total. The lowest BCUT2D eigenvalue weighted by Gasteiger charge is -2.22. The number of piperidine rings is 1. The van der Waals surface area contributed by atoms with Crippen molar-refractivity contribution in [3.8, 4) is 0 Å². The van der Waals surface area contributed by atoms with Gasteiger partial charge in [-0.25, -0.2) is 8.78 Å². The van der Waals surface area contributed by atoms with Gasteiger partial charge in [-0.2, -0.15) is 0 Å². The van der Waals surface area contributed by atoms with Crippen molar-refractivity contribution in [3.05, 3.63) is 93.8 Å². The van der Waals surface area contributed by atoms with Gasteiger partial charge in [0.15, 0.2) is 11.6 Å². The average molecular weight is 555 g/mol. The lowest BCUT2D eigenvalue weighted by molar-refractivity contribution is 0.0950. The Balaban J connectivity index is 1.70. The third-order valence-corrected chi connectivity index (χ3v) is 7.10. The fourth-order valence-electron chi connectivity index (χ4n) is 4.42. The van der Waals surface area contributed by atoms with Crippen LogP contribution in [0.25, 0.3) is 5.57 Å². The second-order valence-electron chi connectivity index (χ2n) is 9.75. The molecule has 39 heavy (non-hydrogen) atoms. The highest BCUT2D eigenvalue weighted by Crippen LogP contribution is 2.25. The van der Waals surface area contributed by atoms with Crippen LogP contribution >= 0.6 is 11.6 Å². The minimum atomic E-state index is -1.08. The Labute approximate surface area is 235 Å². The quantitative estimate of drug-likeness (QED) is 0.162. The number of carbonyl (C=O) groups excluding carboxylic acids is 1. The van der Waals surface area contributed by atoms with Gasteiger partial charge in [-0.3, -0.25) is 9.79 Å².